The zero-order valence-corrected chi connectivity index (χ0v) is 16.2. The number of hydrogen-bond donors (Lipinski definition) is 1. The summed E-state index contributed by atoms with van der Waals surface area (Å²) in [6.45, 7) is 2.27. The van der Waals surface area contributed by atoms with E-state index in [1.54, 1.807) is 32.0 Å². The summed E-state index contributed by atoms with van der Waals surface area (Å²) in [6, 6.07) is 4.75. The monoisotopic (exact) mass is 409 g/mol. The molecule has 2 rings (SSSR count). The second-order valence-corrected chi connectivity index (χ2v) is 6.35. The molecule has 2 aromatic rings. The van der Waals surface area contributed by atoms with Crippen LogP contribution in [0, 0.1) is 0 Å². The fourth-order valence-electron chi connectivity index (χ4n) is 2.50. The van der Waals surface area contributed by atoms with E-state index in [0.717, 1.165) is 0 Å². The van der Waals surface area contributed by atoms with Crippen molar-refractivity contribution in [3.8, 4) is 5.88 Å². The fraction of sp³-hybridized carbons (Fsp3) is 0.400. The van der Waals surface area contributed by atoms with Gasteiger partial charge >= 0.3 is 6.18 Å². The molecule has 0 aliphatic heterocycles. The molecule has 6 nitrogen and oxygen atoms in total. The molecular weight excluding hydrogens is 387 g/mol. The third-order valence-electron chi connectivity index (χ3n) is 4.04. The van der Waals surface area contributed by atoms with Gasteiger partial charge in [0.2, 0.25) is 5.88 Å². The molecule has 0 atom stereocenters. The number of carbonyl (C=O) groups is 2. The summed E-state index contributed by atoms with van der Waals surface area (Å²) in [5.41, 5.74) is 2.04. The molecule has 1 N–H and O–H groups in total. The molecule has 0 radical (unpaired) electrons. The van der Waals surface area contributed by atoms with E-state index in [1.165, 1.54) is 12.4 Å². The molecule has 1 amide bonds. The van der Waals surface area contributed by atoms with Gasteiger partial charge in [0, 0.05) is 48.6 Å². The van der Waals surface area contributed by atoms with Gasteiger partial charge in [-0.2, -0.15) is 13.2 Å². The van der Waals surface area contributed by atoms with E-state index in [1.807, 2.05) is 0 Å². The smallest absolute Gasteiger partial charge is 0.422 e. The number of ketones is 1. The standard InChI is InChI=1S/C20H22F3N3O3/c1-3-14-7-13(11-26-19(14)29-12-20(21,22)23)10-25-18(28)15-5-6-24-16(8-15)9-17(27)4-2/h5-8,11H,3-4,9-10,12H2,1-2H3,(H,25,28). The van der Waals surface area contributed by atoms with Crippen LogP contribution in [-0.4, -0.2) is 34.4 Å². The first-order valence-electron chi connectivity index (χ1n) is 9.14. The average molecular weight is 409 g/mol. The zero-order valence-electron chi connectivity index (χ0n) is 16.2. The third kappa shape index (κ3) is 7.17. The second-order valence-electron chi connectivity index (χ2n) is 6.35. The van der Waals surface area contributed by atoms with Crippen molar-refractivity contribution in [2.24, 2.45) is 0 Å². The van der Waals surface area contributed by atoms with Gasteiger partial charge in [-0.25, -0.2) is 4.98 Å². The van der Waals surface area contributed by atoms with Gasteiger partial charge in [0.25, 0.3) is 5.91 Å². The van der Waals surface area contributed by atoms with Gasteiger partial charge in [-0.1, -0.05) is 13.8 Å². The number of carbonyl (C=O) groups excluding carboxylic acids is 2. The Morgan fingerprint density at radius 2 is 1.93 bits per heavy atom. The van der Waals surface area contributed by atoms with Crippen LogP contribution in [0.4, 0.5) is 13.2 Å². The van der Waals surface area contributed by atoms with Crippen LogP contribution in [0.3, 0.4) is 0 Å². The number of hydrogen-bond acceptors (Lipinski definition) is 5. The minimum Gasteiger partial charge on any atom is -0.468 e. The number of ether oxygens (including phenoxy) is 1. The quantitative estimate of drug-likeness (QED) is 0.686. The highest BCUT2D eigenvalue weighted by molar-refractivity contribution is 5.94. The topological polar surface area (TPSA) is 81.2 Å². The molecule has 0 fully saturated rings. The Morgan fingerprint density at radius 3 is 2.59 bits per heavy atom. The lowest BCUT2D eigenvalue weighted by molar-refractivity contribution is -0.154. The number of pyridine rings is 2. The number of amides is 1. The second kappa shape index (κ2) is 9.99. The van der Waals surface area contributed by atoms with Crippen molar-refractivity contribution in [1.82, 2.24) is 15.3 Å². The first-order valence-corrected chi connectivity index (χ1v) is 9.14. The highest BCUT2D eigenvalue weighted by Crippen LogP contribution is 2.21. The van der Waals surface area contributed by atoms with Crippen LogP contribution in [0.1, 0.15) is 47.4 Å². The maximum absolute atomic E-state index is 12.4. The number of alkyl halides is 3. The lowest BCUT2D eigenvalue weighted by atomic mass is 10.1. The van der Waals surface area contributed by atoms with Crippen LogP contribution in [0.15, 0.2) is 30.6 Å². The van der Waals surface area contributed by atoms with Crippen LogP contribution in [0.5, 0.6) is 5.88 Å². The van der Waals surface area contributed by atoms with Crippen molar-refractivity contribution in [1.29, 1.82) is 0 Å². The highest BCUT2D eigenvalue weighted by Gasteiger charge is 2.29. The van der Waals surface area contributed by atoms with Crippen molar-refractivity contribution in [2.45, 2.75) is 45.8 Å². The number of Topliss-reactive ketones (excluding diaryl/α,β-unsaturated/α-hetero) is 1. The molecule has 0 unspecified atom stereocenters. The summed E-state index contributed by atoms with van der Waals surface area (Å²) in [6.07, 6.45) is -0.611. The van der Waals surface area contributed by atoms with Gasteiger partial charge < -0.3 is 10.1 Å². The summed E-state index contributed by atoms with van der Waals surface area (Å²) >= 11 is 0. The Kier molecular flexibility index (Phi) is 7.69. The van der Waals surface area contributed by atoms with Crippen molar-refractivity contribution < 1.29 is 27.5 Å². The Hall–Kier alpha value is -2.97. The van der Waals surface area contributed by atoms with E-state index < -0.39 is 12.8 Å². The molecule has 9 heteroatoms. The van der Waals surface area contributed by atoms with Gasteiger partial charge in [0.1, 0.15) is 5.78 Å². The summed E-state index contributed by atoms with van der Waals surface area (Å²) < 4.78 is 41.7. The first kappa shape index (κ1) is 22.3. The van der Waals surface area contributed by atoms with E-state index >= 15 is 0 Å². The molecule has 2 aromatic heterocycles. The number of nitrogens with zero attached hydrogens (tertiary/aromatic N) is 2. The lowest BCUT2D eigenvalue weighted by Crippen LogP contribution is -2.23. The number of halogens is 3. The van der Waals surface area contributed by atoms with Crippen molar-refractivity contribution in [3.63, 3.8) is 0 Å². The normalized spacial score (nSPS) is 11.2. The predicted molar refractivity (Wildman–Crippen MR) is 99.6 cm³/mol. The number of aromatic nitrogens is 2. The maximum atomic E-state index is 12.4. The van der Waals surface area contributed by atoms with E-state index in [2.05, 4.69) is 15.3 Å². The third-order valence-corrected chi connectivity index (χ3v) is 4.04. The van der Waals surface area contributed by atoms with E-state index in [0.29, 0.717) is 35.2 Å². The van der Waals surface area contributed by atoms with Crippen LogP contribution < -0.4 is 10.1 Å². The summed E-state index contributed by atoms with van der Waals surface area (Å²) in [5, 5.41) is 2.72. The largest absolute Gasteiger partial charge is 0.468 e. The molecule has 0 saturated carbocycles. The van der Waals surface area contributed by atoms with Crippen LogP contribution >= 0.6 is 0 Å². The minimum absolute atomic E-state index is 0.0288. The van der Waals surface area contributed by atoms with Crippen molar-refractivity contribution in [3.05, 3.63) is 53.0 Å². The zero-order chi connectivity index (χ0) is 21.4. The Bertz CT molecular complexity index is 870. The van der Waals surface area contributed by atoms with Crippen LogP contribution in [0.25, 0.3) is 0 Å². The average Bonchev–Trinajstić information content (AvgIpc) is 2.70. The molecule has 0 spiro atoms. The van der Waals surface area contributed by atoms with Gasteiger partial charge in [0.05, 0.1) is 0 Å². The molecule has 0 saturated heterocycles. The molecule has 0 aliphatic rings. The Balaban J connectivity index is 2.01. The van der Waals surface area contributed by atoms with E-state index in [4.69, 9.17) is 4.74 Å². The fourth-order valence-corrected chi connectivity index (χ4v) is 2.50. The molecule has 0 aromatic carbocycles. The summed E-state index contributed by atoms with van der Waals surface area (Å²) in [4.78, 5) is 31.9. The van der Waals surface area contributed by atoms with Gasteiger partial charge in [-0.05, 0) is 30.2 Å². The van der Waals surface area contributed by atoms with Gasteiger partial charge in [-0.15, -0.1) is 0 Å². The Morgan fingerprint density at radius 1 is 1.17 bits per heavy atom. The number of nitrogens with one attached hydrogen (secondary N) is 1. The maximum Gasteiger partial charge on any atom is 0.422 e. The number of rotatable bonds is 9. The predicted octanol–water partition coefficient (Wildman–Crippen LogP) is 3.43. The first-order chi connectivity index (χ1) is 13.7. The molecule has 2 heterocycles. The molecule has 29 heavy (non-hydrogen) atoms. The molecular formula is C20H22F3N3O3. The highest BCUT2D eigenvalue weighted by atomic mass is 19.4. The van der Waals surface area contributed by atoms with E-state index in [-0.39, 0.29) is 30.5 Å². The summed E-state index contributed by atoms with van der Waals surface area (Å²) in [5.74, 6) is -0.395. The minimum atomic E-state index is -4.44. The van der Waals surface area contributed by atoms with Gasteiger partial charge in [-0.3, -0.25) is 14.6 Å². The van der Waals surface area contributed by atoms with Crippen molar-refractivity contribution >= 4 is 11.7 Å². The van der Waals surface area contributed by atoms with Gasteiger partial charge in [0.15, 0.2) is 6.61 Å². The molecule has 0 bridgehead atoms. The Labute approximate surface area is 166 Å². The molecule has 156 valence electrons. The van der Waals surface area contributed by atoms with Crippen LogP contribution in [-0.2, 0) is 24.2 Å². The SMILES string of the molecule is CCC(=O)Cc1cc(C(=O)NCc2cnc(OCC(F)(F)F)c(CC)c2)ccn1. The summed E-state index contributed by atoms with van der Waals surface area (Å²) in [7, 11) is 0. The van der Waals surface area contributed by atoms with E-state index in [9.17, 15) is 22.8 Å². The van der Waals surface area contributed by atoms with Crippen molar-refractivity contribution in [2.75, 3.05) is 6.61 Å². The lowest BCUT2D eigenvalue weighted by Gasteiger charge is -2.13. The van der Waals surface area contributed by atoms with Crippen LogP contribution in [0.2, 0.25) is 0 Å². The number of aryl methyl sites for hydroxylation is 1. The molecule has 0 aliphatic carbocycles.